The third-order valence-electron chi connectivity index (χ3n) is 4.57. The van der Waals surface area contributed by atoms with Crippen LogP contribution in [0, 0.1) is 6.92 Å². The van der Waals surface area contributed by atoms with Crippen molar-refractivity contribution in [1.29, 1.82) is 0 Å². The number of nitrogens with one attached hydrogen (secondary N) is 1. The molecule has 3 aromatic carbocycles. The molecule has 0 aliphatic rings. The summed E-state index contributed by atoms with van der Waals surface area (Å²) < 4.78 is 1.92. The van der Waals surface area contributed by atoms with Gasteiger partial charge in [-0.2, -0.15) is 4.68 Å². The van der Waals surface area contributed by atoms with Crippen LogP contribution in [0.5, 0.6) is 0 Å². The maximum absolute atomic E-state index is 13.2. The molecule has 0 saturated heterocycles. The van der Waals surface area contributed by atoms with E-state index in [1.165, 1.54) is 4.68 Å². The first-order valence-electron chi connectivity index (χ1n) is 9.82. The van der Waals surface area contributed by atoms with Crippen LogP contribution in [-0.4, -0.2) is 32.3 Å². The van der Waals surface area contributed by atoms with Crippen LogP contribution in [0.25, 0.3) is 11.4 Å². The molecule has 1 aromatic heterocycles. The molecule has 0 saturated carbocycles. The number of benzene rings is 3. The number of aryl methyl sites for hydroxylation is 1. The average Bonchev–Trinajstić information content (AvgIpc) is 3.24. The number of amides is 1. The second kappa shape index (κ2) is 9.93. The van der Waals surface area contributed by atoms with Crippen LogP contribution in [0.15, 0.2) is 88.5 Å². The SMILES string of the molecule is Cc1ccc(NC(=O)CSc2nc(-c3ccccc3)nn2C(=O)c2ccccc2Br)cc1. The predicted octanol–water partition coefficient (Wildman–Crippen LogP) is 5.44. The first-order valence-corrected chi connectivity index (χ1v) is 11.6. The van der Waals surface area contributed by atoms with E-state index in [-0.39, 0.29) is 17.6 Å². The molecule has 1 N–H and O–H groups in total. The van der Waals surface area contributed by atoms with Crippen molar-refractivity contribution < 1.29 is 9.59 Å². The molecule has 4 aromatic rings. The van der Waals surface area contributed by atoms with E-state index in [1.807, 2.05) is 67.6 Å². The monoisotopic (exact) mass is 506 g/mol. The van der Waals surface area contributed by atoms with Gasteiger partial charge >= 0.3 is 0 Å². The third-order valence-corrected chi connectivity index (χ3v) is 6.19. The summed E-state index contributed by atoms with van der Waals surface area (Å²) in [5.74, 6) is -0.00613. The lowest BCUT2D eigenvalue weighted by atomic mass is 10.2. The lowest BCUT2D eigenvalue weighted by molar-refractivity contribution is -0.113. The second-order valence-corrected chi connectivity index (χ2v) is 8.78. The molecular formula is C24H19BrN4O2S. The number of halogens is 1. The van der Waals surface area contributed by atoms with Gasteiger partial charge < -0.3 is 5.32 Å². The van der Waals surface area contributed by atoms with Crippen molar-refractivity contribution in [2.24, 2.45) is 0 Å². The first-order chi connectivity index (χ1) is 15.5. The predicted molar refractivity (Wildman–Crippen MR) is 130 cm³/mol. The number of nitrogens with zero attached hydrogens (tertiary/aromatic N) is 3. The molecule has 160 valence electrons. The Bertz CT molecular complexity index is 1260. The highest BCUT2D eigenvalue weighted by atomic mass is 79.9. The summed E-state index contributed by atoms with van der Waals surface area (Å²) in [6.45, 7) is 1.99. The Balaban J connectivity index is 1.59. The molecule has 0 radical (unpaired) electrons. The van der Waals surface area contributed by atoms with Gasteiger partial charge in [-0.05, 0) is 47.1 Å². The van der Waals surface area contributed by atoms with Gasteiger partial charge in [-0.1, -0.05) is 71.9 Å². The van der Waals surface area contributed by atoms with Crippen LogP contribution in [-0.2, 0) is 4.79 Å². The molecule has 0 aliphatic carbocycles. The molecule has 0 fully saturated rings. The molecule has 32 heavy (non-hydrogen) atoms. The number of hydrogen-bond donors (Lipinski definition) is 1. The van der Waals surface area contributed by atoms with Gasteiger partial charge in [0.2, 0.25) is 5.91 Å². The average molecular weight is 507 g/mol. The van der Waals surface area contributed by atoms with Gasteiger partial charge in [-0.25, -0.2) is 4.98 Å². The molecule has 6 nitrogen and oxygen atoms in total. The summed E-state index contributed by atoms with van der Waals surface area (Å²) in [7, 11) is 0. The topological polar surface area (TPSA) is 76.9 Å². The minimum atomic E-state index is -0.325. The van der Waals surface area contributed by atoms with Crippen molar-refractivity contribution in [2.75, 3.05) is 11.1 Å². The van der Waals surface area contributed by atoms with E-state index in [9.17, 15) is 9.59 Å². The summed E-state index contributed by atoms with van der Waals surface area (Å²) in [4.78, 5) is 30.2. The van der Waals surface area contributed by atoms with Crippen LogP contribution in [0.2, 0.25) is 0 Å². The zero-order chi connectivity index (χ0) is 22.5. The fourth-order valence-electron chi connectivity index (χ4n) is 2.95. The van der Waals surface area contributed by atoms with Crippen molar-refractivity contribution in [2.45, 2.75) is 12.1 Å². The Morgan fingerprint density at radius 1 is 0.969 bits per heavy atom. The van der Waals surface area contributed by atoms with Crippen LogP contribution < -0.4 is 5.32 Å². The van der Waals surface area contributed by atoms with E-state index in [0.29, 0.717) is 21.0 Å². The minimum absolute atomic E-state index is 0.0873. The van der Waals surface area contributed by atoms with Crippen molar-refractivity contribution in [3.8, 4) is 11.4 Å². The van der Waals surface area contributed by atoms with E-state index in [4.69, 9.17) is 0 Å². The van der Waals surface area contributed by atoms with E-state index < -0.39 is 0 Å². The summed E-state index contributed by atoms with van der Waals surface area (Å²) >= 11 is 4.58. The molecule has 0 bridgehead atoms. The molecule has 0 atom stereocenters. The van der Waals surface area contributed by atoms with Gasteiger partial charge in [0.15, 0.2) is 11.0 Å². The molecule has 4 rings (SSSR count). The van der Waals surface area contributed by atoms with E-state index >= 15 is 0 Å². The number of carbonyl (C=O) groups excluding carboxylic acids is 2. The largest absolute Gasteiger partial charge is 0.325 e. The van der Waals surface area contributed by atoms with E-state index in [2.05, 4.69) is 31.3 Å². The van der Waals surface area contributed by atoms with Crippen LogP contribution >= 0.6 is 27.7 Å². The molecule has 0 aliphatic heterocycles. The Hall–Kier alpha value is -3.23. The summed E-state index contributed by atoms with van der Waals surface area (Å²) in [5.41, 5.74) is 3.08. The fourth-order valence-corrected chi connectivity index (χ4v) is 4.13. The lowest BCUT2D eigenvalue weighted by Crippen LogP contribution is -2.18. The number of hydrogen-bond acceptors (Lipinski definition) is 5. The molecule has 0 unspecified atom stereocenters. The fraction of sp³-hybridized carbons (Fsp3) is 0.0833. The number of carbonyl (C=O) groups is 2. The highest BCUT2D eigenvalue weighted by Crippen LogP contribution is 2.25. The zero-order valence-corrected chi connectivity index (χ0v) is 19.6. The quantitative estimate of drug-likeness (QED) is 0.352. The lowest BCUT2D eigenvalue weighted by Gasteiger charge is -2.07. The summed E-state index contributed by atoms with van der Waals surface area (Å²) in [6, 6.07) is 24.1. The van der Waals surface area contributed by atoms with Gasteiger partial charge in [0, 0.05) is 15.7 Å². The van der Waals surface area contributed by atoms with Crippen LogP contribution in [0.1, 0.15) is 15.9 Å². The normalized spacial score (nSPS) is 10.7. The maximum atomic E-state index is 13.2. The van der Waals surface area contributed by atoms with Crippen molar-refractivity contribution in [3.05, 3.63) is 94.5 Å². The second-order valence-electron chi connectivity index (χ2n) is 6.98. The molecular weight excluding hydrogens is 488 g/mol. The number of rotatable bonds is 6. The highest BCUT2D eigenvalue weighted by Gasteiger charge is 2.21. The van der Waals surface area contributed by atoms with Crippen LogP contribution in [0.4, 0.5) is 5.69 Å². The van der Waals surface area contributed by atoms with Crippen LogP contribution in [0.3, 0.4) is 0 Å². The minimum Gasteiger partial charge on any atom is -0.325 e. The Labute approximate surface area is 198 Å². The molecule has 0 spiro atoms. The smallest absolute Gasteiger partial charge is 0.281 e. The Morgan fingerprint density at radius 2 is 1.66 bits per heavy atom. The molecule has 1 heterocycles. The summed E-state index contributed by atoms with van der Waals surface area (Å²) in [5, 5.41) is 7.66. The van der Waals surface area contributed by atoms with Crippen molar-refractivity contribution >= 4 is 45.2 Å². The number of thioether (sulfide) groups is 1. The van der Waals surface area contributed by atoms with Crippen molar-refractivity contribution in [3.63, 3.8) is 0 Å². The van der Waals surface area contributed by atoms with Gasteiger partial charge in [0.1, 0.15) is 0 Å². The van der Waals surface area contributed by atoms with Gasteiger partial charge in [0.05, 0.1) is 11.3 Å². The highest BCUT2D eigenvalue weighted by molar-refractivity contribution is 9.10. The Morgan fingerprint density at radius 3 is 2.38 bits per heavy atom. The van der Waals surface area contributed by atoms with Gasteiger partial charge in [-0.15, -0.1) is 5.10 Å². The van der Waals surface area contributed by atoms with Gasteiger partial charge in [-0.3, -0.25) is 9.59 Å². The van der Waals surface area contributed by atoms with Crippen molar-refractivity contribution in [1.82, 2.24) is 14.8 Å². The third kappa shape index (κ3) is 5.15. The molecule has 8 heteroatoms. The summed E-state index contributed by atoms with van der Waals surface area (Å²) in [6.07, 6.45) is 0. The Kier molecular flexibility index (Phi) is 6.82. The number of anilines is 1. The van der Waals surface area contributed by atoms with E-state index in [1.54, 1.807) is 18.2 Å². The maximum Gasteiger partial charge on any atom is 0.281 e. The molecule has 1 amide bonds. The standard InChI is InChI=1S/C24H19BrN4O2S/c1-16-11-13-18(14-12-16)26-21(30)15-32-24-27-22(17-7-3-2-4-8-17)28-29(24)23(31)19-9-5-6-10-20(19)25/h2-14H,15H2,1H3,(H,26,30). The first kappa shape index (κ1) is 22.0. The zero-order valence-electron chi connectivity index (χ0n) is 17.2. The number of aromatic nitrogens is 3. The van der Waals surface area contributed by atoms with Gasteiger partial charge in [0.25, 0.3) is 5.91 Å². The van der Waals surface area contributed by atoms with E-state index in [0.717, 1.165) is 28.6 Å².